The van der Waals surface area contributed by atoms with E-state index in [9.17, 15) is 4.79 Å². The van der Waals surface area contributed by atoms with Gasteiger partial charge in [0.1, 0.15) is 0 Å². The Balaban J connectivity index is 2.43. The molecule has 0 aliphatic carbocycles. The number of hydrogen-bond donors (Lipinski definition) is 2. The van der Waals surface area contributed by atoms with Crippen molar-refractivity contribution in [1.29, 1.82) is 0 Å². The average Bonchev–Trinajstić information content (AvgIpc) is 2.23. The van der Waals surface area contributed by atoms with Crippen LogP contribution in [-0.2, 0) is 10.1 Å². The second-order valence-electron chi connectivity index (χ2n) is 3.21. The van der Waals surface area contributed by atoms with Crippen LogP contribution in [0.15, 0.2) is 18.2 Å². The van der Waals surface area contributed by atoms with E-state index >= 15 is 0 Å². The Morgan fingerprint density at radius 1 is 1.44 bits per heavy atom. The molecule has 0 heterocycles. The topological polar surface area (TPSA) is 63.3 Å². The Kier molecular flexibility index (Phi) is 5.59. The minimum absolute atomic E-state index is 0.162. The zero-order valence-electron chi connectivity index (χ0n) is 8.32. The molecule has 0 spiro atoms. The van der Waals surface area contributed by atoms with E-state index < -0.39 is 12.0 Å². The third-order valence-electron chi connectivity index (χ3n) is 1.87. The monoisotopic (exact) mass is 327 g/mol. The molecule has 0 amide bonds. The van der Waals surface area contributed by atoms with Crippen LogP contribution in [0.2, 0.25) is 15.4 Å². The van der Waals surface area contributed by atoms with Gasteiger partial charge in [-0.3, -0.25) is 0 Å². The summed E-state index contributed by atoms with van der Waals surface area (Å²) < 4.78 is 0. The number of carbonyl (C=O) groups is 1. The molecule has 3 N–H and O–H groups in total. The van der Waals surface area contributed by atoms with Crippen molar-refractivity contribution in [2.24, 2.45) is 5.73 Å². The SMILES string of the molecule is N[C@@H](C[Se]Cc1ccc(Cl)c(Cl)c1)C(=O)O. The van der Waals surface area contributed by atoms with Gasteiger partial charge in [0.05, 0.1) is 0 Å². The molecule has 6 heteroatoms. The summed E-state index contributed by atoms with van der Waals surface area (Å²) in [5.74, 6) is -0.948. The molecule has 0 saturated carbocycles. The number of halogens is 2. The van der Waals surface area contributed by atoms with Crippen molar-refractivity contribution in [3.8, 4) is 0 Å². The van der Waals surface area contributed by atoms with Crippen LogP contribution in [0.3, 0.4) is 0 Å². The van der Waals surface area contributed by atoms with Crippen molar-refractivity contribution in [2.45, 2.75) is 16.7 Å². The molecule has 16 heavy (non-hydrogen) atoms. The van der Waals surface area contributed by atoms with Gasteiger partial charge in [-0.1, -0.05) is 0 Å². The van der Waals surface area contributed by atoms with Crippen LogP contribution in [0.1, 0.15) is 5.56 Å². The molecular weight excluding hydrogens is 316 g/mol. The van der Waals surface area contributed by atoms with Crippen molar-refractivity contribution in [2.75, 3.05) is 0 Å². The van der Waals surface area contributed by atoms with Gasteiger partial charge < -0.3 is 0 Å². The first-order valence-corrected chi connectivity index (χ1v) is 7.68. The molecule has 3 nitrogen and oxygen atoms in total. The molecule has 0 radical (unpaired) electrons. The third-order valence-corrected chi connectivity index (χ3v) is 4.98. The standard InChI is InChI=1S/C10H11Cl2NO2Se/c11-7-2-1-6(3-8(7)12)4-16-5-9(13)10(14)15/h1-3,9H,4-5,13H2,(H,14,15)/t9-/m0/s1. The Labute approximate surface area is 110 Å². The maximum absolute atomic E-state index is 10.5. The van der Waals surface area contributed by atoms with Gasteiger partial charge in [0, 0.05) is 0 Å². The zero-order valence-corrected chi connectivity index (χ0v) is 11.5. The summed E-state index contributed by atoms with van der Waals surface area (Å²) in [6, 6.07) is 4.68. The van der Waals surface area contributed by atoms with Gasteiger partial charge in [0.2, 0.25) is 0 Å². The second-order valence-corrected chi connectivity index (χ2v) is 6.18. The van der Waals surface area contributed by atoms with Gasteiger partial charge in [0.25, 0.3) is 0 Å². The zero-order chi connectivity index (χ0) is 12.1. The Morgan fingerprint density at radius 2 is 2.12 bits per heavy atom. The van der Waals surface area contributed by atoms with E-state index in [0.29, 0.717) is 15.4 Å². The first kappa shape index (κ1) is 13.8. The van der Waals surface area contributed by atoms with E-state index in [4.69, 9.17) is 34.0 Å². The Bertz CT molecular complexity index is 387. The number of carboxylic acid groups (broad SMARTS) is 1. The van der Waals surface area contributed by atoms with Crippen LogP contribution >= 0.6 is 23.2 Å². The van der Waals surface area contributed by atoms with Crippen LogP contribution in [0, 0.1) is 0 Å². The molecule has 0 unspecified atom stereocenters. The van der Waals surface area contributed by atoms with Crippen LogP contribution in [0.4, 0.5) is 0 Å². The van der Waals surface area contributed by atoms with Crippen LogP contribution < -0.4 is 5.73 Å². The average molecular weight is 327 g/mol. The fourth-order valence-electron chi connectivity index (χ4n) is 1.00. The predicted molar refractivity (Wildman–Crippen MR) is 66.3 cm³/mol. The van der Waals surface area contributed by atoms with Gasteiger partial charge in [-0.25, -0.2) is 0 Å². The van der Waals surface area contributed by atoms with Crippen molar-refractivity contribution >= 4 is 44.1 Å². The van der Waals surface area contributed by atoms with E-state index in [1.807, 2.05) is 6.07 Å². The molecule has 0 fully saturated rings. The maximum atomic E-state index is 10.5. The van der Waals surface area contributed by atoms with Crippen molar-refractivity contribution < 1.29 is 9.90 Å². The summed E-state index contributed by atoms with van der Waals surface area (Å²) in [5.41, 5.74) is 6.47. The third kappa shape index (κ3) is 4.32. The molecule has 1 rings (SSSR count). The minimum atomic E-state index is -0.948. The van der Waals surface area contributed by atoms with E-state index in [1.165, 1.54) is 0 Å². The summed E-state index contributed by atoms with van der Waals surface area (Å²) in [5, 5.41) is 11.0. The fraction of sp³-hybridized carbons (Fsp3) is 0.300. The Hall–Kier alpha value is -0.251. The fourth-order valence-corrected chi connectivity index (χ4v) is 3.28. The Morgan fingerprint density at radius 3 is 2.69 bits per heavy atom. The number of rotatable bonds is 5. The predicted octanol–water partition coefficient (Wildman–Crippen LogP) is 2.03. The van der Waals surface area contributed by atoms with Gasteiger partial charge in [-0.15, -0.1) is 0 Å². The molecule has 0 aromatic heterocycles. The van der Waals surface area contributed by atoms with Crippen LogP contribution in [0.25, 0.3) is 0 Å². The summed E-state index contributed by atoms with van der Waals surface area (Å²) >= 11 is 11.8. The van der Waals surface area contributed by atoms with Crippen molar-refractivity contribution in [3.05, 3.63) is 33.8 Å². The molecule has 1 atom stereocenters. The molecule has 1 aromatic rings. The second kappa shape index (κ2) is 6.48. The number of hydrogen-bond acceptors (Lipinski definition) is 2. The van der Waals surface area contributed by atoms with Crippen LogP contribution in [0.5, 0.6) is 0 Å². The van der Waals surface area contributed by atoms with Gasteiger partial charge in [-0.05, 0) is 0 Å². The van der Waals surface area contributed by atoms with Crippen LogP contribution in [-0.4, -0.2) is 32.1 Å². The molecule has 0 saturated heterocycles. The van der Waals surface area contributed by atoms with E-state index in [0.717, 1.165) is 10.9 Å². The van der Waals surface area contributed by atoms with Gasteiger partial charge in [0.15, 0.2) is 0 Å². The number of nitrogens with two attached hydrogens (primary N) is 1. The number of aliphatic carboxylic acids is 1. The number of benzene rings is 1. The normalized spacial score (nSPS) is 12.4. The number of carboxylic acids is 1. The summed E-state index contributed by atoms with van der Waals surface area (Å²) in [7, 11) is 0. The van der Waals surface area contributed by atoms with E-state index in [-0.39, 0.29) is 15.0 Å². The molecule has 1 aromatic carbocycles. The van der Waals surface area contributed by atoms with E-state index in [1.54, 1.807) is 12.1 Å². The van der Waals surface area contributed by atoms with Crippen molar-refractivity contribution in [3.63, 3.8) is 0 Å². The molecular formula is C10H11Cl2NO2Se. The van der Waals surface area contributed by atoms with Crippen molar-refractivity contribution in [1.82, 2.24) is 0 Å². The quantitative estimate of drug-likeness (QED) is 0.814. The molecule has 0 bridgehead atoms. The summed E-state index contributed by atoms with van der Waals surface area (Å²) in [4.78, 5) is 10.5. The molecule has 0 aliphatic rings. The van der Waals surface area contributed by atoms with E-state index in [2.05, 4.69) is 0 Å². The van der Waals surface area contributed by atoms with Gasteiger partial charge in [-0.2, -0.15) is 0 Å². The summed E-state index contributed by atoms with van der Waals surface area (Å²) in [6.07, 6.45) is 0. The summed E-state index contributed by atoms with van der Waals surface area (Å²) in [6.45, 7) is 0. The van der Waals surface area contributed by atoms with Gasteiger partial charge >= 0.3 is 110 Å². The first-order valence-electron chi connectivity index (χ1n) is 4.50. The molecule has 88 valence electrons. The first-order chi connectivity index (χ1) is 7.50. The molecule has 0 aliphatic heterocycles.